The molecular formula is C11H8O2. The Morgan fingerprint density at radius 3 is 1.85 bits per heavy atom. The van der Waals surface area contributed by atoms with Crippen LogP contribution < -0.4 is 0 Å². The number of hydrogen-bond acceptors (Lipinski definition) is 2. The van der Waals surface area contributed by atoms with Gasteiger partial charge in [0.1, 0.15) is 0 Å². The first-order chi connectivity index (χ1) is 6.25. The smallest absolute Gasteiger partial charge is 0.197 e. The Morgan fingerprint density at radius 1 is 1.00 bits per heavy atom. The van der Waals surface area contributed by atoms with Crippen LogP contribution in [0.4, 0.5) is 0 Å². The van der Waals surface area contributed by atoms with E-state index < -0.39 is 0 Å². The molecule has 0 spiro atoms. The molecule has 1 aliphatic carbocycles. The molecule has 0 aliphatic heterocycles. The van der Waals surface area contributed by atoms with Crippen LogP contribution in [0.15, 0.2) is 35.9 Å². The Hall–Kier alpha value is -1.70. The Morgan fingerprint density at radius 2 is 1.46 bits per heavy atom. The van der Waals surface area contributed by atoms with Gasteiger partial charge in [-0.05, 0) is 6.92 Å². The lowest BCUT2D eigenvalue weighted by Gasteiger charge is -1.90. The van der Waals surface area contributed by atoms with Crippen molar-refractivity contribution >= 4 is 11.6 Å². The molecule has 1 aromatic rings. The third-order valence-corrected chi connectivity index (χ3v) is 2.19. The second-order valence-electron chi connectivity index (χ2n) is 2.91. The van der Waals surface area contributed by atoms with E-state index in [9.17, 15) is 9.59 Å². The average molecular weight is 172 g/mol. The molecular weight excluding hydrogens is 164 g/mol. The van der Waals surface area contributed by atoms with Crippen LogP contribution in [0.5, 0.6) is 0 Å². The fourth-order valence-corrected chi connectivity index (χ4v) is 1.53. The molecule has 13 heavy (non-hydrogen) atoms. The Kier molecular flexibility index (Phi) is 1.62. The van der Waals surface area contributed by atoms with Crippen molar-refractivity contribution in [1.29, 1.82) is 0 Å². The number of carbonyl (C=O) groups excluding carboxylic acids is 2. The highest BCUT2D eigenvalue weighted by atomic mass is 16.2. The van der Waals surface area contributed by atoms with Gasteiger partial charge in [-0.15, -0.1) is 0 Å². The van der Waals surface area contributed by atoms with E-state index in [0.29, 0.717) is 16.7 Å². The highest BCUT2D eigenvalue weighted by Gasteiger charge is 2.31. The van der Waals surface area contributed by atoms with E-state index in [1.54, 1.807) is 37.3 Å². The minimum absolute atomic E-state index is 0.150. The maximum atomic E-state index is 11.5. The van der Waals surface area contributed by atoms with E-state index in [1.165, 1.54) is 0 Å². The lowest BCUT2D eigenvalue weighted by molar-refractivity contribution is 0.0988. The first kappa shape index (κ1) is 7.92. The van der Waals surface area contributed by atoms with Gasteiger partial charge >= 0.3 is 0 Å². The van der Waals surface area contributed by atoms with Crippen LogP contribution in [0.2, 0.25) is 0 Å². The van der Waals surface area contributed by atoms with E-state index in [-0.39, 0.29) is 11.6 Å². The van der Waals surface area contributed by atoms with E-state index in [4.69, 9.17) is 0 Å². The summed E-state index contributed by atoms with van der Waals surface area (Å²) in [5.74, 6) is -0.300. The Balaban J connectivity index is 2.71. The molecule has 0 N–H and O–H groups in total. The van der Waals surface area contributed by atoms with Crippen molar-refractivity contribution in [2.45, 2.75) is 6.92 Å². The summed E-state index contributed by atoms with van der Waals surface area (Å²) in [6.45, 7) is 1.71. The van der Waals surface area contributed by atoms with Gasteiger partial charge in [0.2, 0.25) is 0 Å². The SMILES string of the molecule is CC=C1C(=O)c2ccccc2C1=O. The molecule has 0 amide bonds. The maximum Gasteiger partial charge on any atom is 0.197 e. The summed E-state index contributed by atoms with van der Waals surface area (Å²) in [5.41, 5.74) is 1.35. The van der Waals surface area contributed by atoms with E-state index in [0.717, 1.165) is 0 Å². The highest BCUT2D eigenvalue weighted by molar-refractivity contribution is 6.39. The molecule has 0 radical (unpaired) electrons. The maximum absolute atomic E-state index is 11.5. The van der Waals surface area contributed by atoms with Gasteiger partial charge in [-0.3, -0.25) is 9.59 Å². The molecule has 0 bridgehead atoms. The molecule has 0 heterocycles. The summed E-state index contributed by atoms with van der Waals surface area (Å²) in [4.78, 5) is 23.1. The number of allylic oxidation sites excluding steroid dienone is 2. The van der Waals surface area contributed by atoms with E-state index in [2.05, 4.69) is 0 Å². The molecule has 64 valence electrons. The number of ketones is 2. The summed E-state index contributed by atoms with van der Waals surface area (Å²) in [6, 6.07) is 6.91. The van der Waals surface area contributed by atoms with E-state index in [1.807, 2.05) is 0 Å². The molecule has 1 aliphatic rings. The van der Waals surface area contributed by atoms with Crippen molar-refractivity contribution in [2.24, 2.45) is 0 Å². The van der Waals surface area contributed by atoms with Crippen molar-refractivity contribution in [2.75, 3.05) is 0 Å². The van der Waals surface area contributed by atoms with Crippen LogP contribution >= 0.6 is 0 Å². The summed E-state index contributed by atoms with van der Waals surface area (Å²) >= 11 is 0. The van der Waals surface area contributed by atoms with Gasteiger partial charge in [-0.25, -0.2) is 0 Å². The monoisotopic (exact) mass is 172 g/mol. The van der Waals surface area contributed by atoms with Crippen LogP contribution in [0.3, 0.4) is 0 Å². The van der Waals surface area contributed by atoms with Gasteiger partial charge < -0.3 is 0 Å². The van der Waals surface area contributed by atoms with Crippen molar-refractivity contribution in [1.82, 2.24) is 0 Å². The second kappa shape index (κ2) is 2.66. The van der Waals surface area contributed by atoms with Crippen LogP contribution in [0.25, 0.3) is 0 Å². The standard InChI is InChI=1S/C11H8O2/c1-2-7-10(12)8-5-3-4-6-9(8)11(7)13/h2-6H,1H3. The van der Waals surface area contributed by atoms with Crippen LogP contribution in [-0.4, -0.2) is 11.6 Å². The third-order valence-electron chi connectivity index (χ3n) is 2.19. The fraction of sp³-hybridized carbons (Fsp3) is 0.0909. The van der Waals surface area contributed by atoms with Gasteiger partial charge in [0, 0.05) is 11.1 Å². The number of fused-ring (bicyclic) bond motifs is 1. The summed E-state index contributed by atoms with van der Waals surface area (Å²) < 4.78 is 0. The zero-order valence-corrected chi connectivity index (χ0v) is 7.20. The molecule has 0 aromatic heterocycles. The van der Waals surface area contributed by atoms with Gasteiger partial charge in [-0.1, -0.05) is 30.3 Å². The molecule has 0 fully saturated rings. The van der Waals surface area contributed by atoms with Crippen LogP contribution in [0, 0.1) is 0 Å². The van der Waals surface area contributed by atoms with Gasteiger partial charge in [0.05, 0.1) is 5.57 Å². The Labute approximate surface area is 75.9 Å². The number of benzene rings is 1. The average Bonchev–Trinajstić information content (AvgIpc) is 2.41. The van der Waals surface area contributed by atoms with Crippen molar-refractivity contribution in [3.63, 3.8) is 0 Å². The minimum atomic E-state index is -0.150. The number of Topliss-reactive ketones (excluding diaryl/α,β-unsaturated/α-hetero) is 2. The fourth-order valence-electron chi connectivity index (χ4n) is 1.53. The molecule has 2 heteroatoms. The normalized spacial score (nSPS) is 14.7. The topological polar surface area (TPSA) is 34.1 Å². The lowest BCUT2D eigenvalue weighted by Crippen LogP contribution is -1.99. The summed E-state index contributed by atoms with van der Waals surface area (Å²) in [6.07, 6.45) is 1.57. The zero-order chi connectivity index (χ0) is 9.42. The predicted molar refractivity (Wildman–Crippen MR) is 48.9 cm³/mol. The highest BCUT2D eigenvalue weighted by Crippen LogP contribution is 2.25. The van der Waals surface area contributed by atoms with Crippen molar-refractivity contribution in [3.05, 3.63) is 47.0 Å². The second-order valence-corrected chi connectivity index (χ2v) is 2.91. The summed E-state index contributed by atoms with van der Waals surface area (Å²) in [5, 5.41) is 0. The zero-order valence-electron chi connectivity index (χ0n) is 7.20. The predicted octanol–water partition coefficient (Wildman–Crippen LogP) is 2.01. The van der Waals surface area contributed by atoms with Gasteiger partial charge in [0.25, 0.3) is 0 Å². The molecule has 2 rings (SSSR count). The molecule has 2 nitrogen and oxygen atoms in total. The molecule has 0 unspecified atom stereocenters. The Bertz CT molecular complexity index is 390. The first-order valence-electron chi connectivity index (χ1n) is 4.10. The summed E-state index contributed by atoms with van der Waals surface area (Å²) in [7, 11) is 0. The quantitative estimate of drug-likeness (QED) is 0.443. The molecule has 0 saturated carbocycles. The molecule has 1 aromatic carbocycles. The molecule has 0 atom stereocenters. The largest absolute Gasteiger partial charge is 0.288 e. The minimum Gasteiger partial charge on any atom is -0.288 e. The number of carbonyl (C=O) groups is 2. The molecule has 0 saturated heterocycles. The number of rotatable bonds is 0. The third kappa shape index (κ3) is 0.952. The van der Waals surface area contributed by atoms with Crippen LogP contribution in [-0.2, 0) is 0 Å². The lowest BCUT2D eigenvalue weighted by atomic mass is 10.1. The van der Waals surface area contributed by atoms with E-state index >= 15 is 0 Å². The van der Waals surface area contributed by atoms with Crippen LogP contribution in [0.1, 0.15) is 27.6 Å². The van der Waals surface area contributed by atoms with Crippen molar-refractivity contribution in [3.8, 4) is 0 Å². The number of hydrogen-bond donors (Lipinski definition) is 0. The first-order valence-corrected chi connectivity index (χ1v) is 4.10. The van der Waals surface area contributed by atoms with Crippen molar-refractivity contribution < 1.29 is 9.59 Å². The van der Waals surface area contributed by atoms with Gasteiger partial charge in [0.15, 0.2) is 11.6 Å². The van der Waals surface area contributed by atoms with Gasteiger partial charge in [-0.2, -0.15) is 0 Å².